The fraction of sp³-hybridized carbons (Fsp3) is 0.294. The van der Waals surface area contributed by atoms with Gasteiger partial charge in [0.2, 0.25) is 0 Å². The number of para-hydroxylation sites is 1. The largest absolute Gasteiger partial charge is 0.493 e. The van der Waals surface area contributed by atoms with Crippen molar-refractivity contribution in [3.05, 3.63) is 63.9 Å². The molecule has 0 bridgehead atoms. The molecule has 0 radical (unpaired) electrons. The fourth-order valence-corrected chi connectivity index (χ4v) is 3.31. The topological polar surface area (TPSA) is 21.3 Å². The highest BCUT2D eigenvalue weighted by Gasteiger charge is 2.30. The van der Waals surface area contributed by atoms with Gasteiger partial charge in [0.1, 0.15) is 11.6 Å². The normalized spacial score (nSPS) is 18.1. The summed E-state index contributed by atoms with van der Waals surface area (Å²) < 4.78 is 20.2. The molecule has 0 saturated heterocycles. The summed E-state index contributed by atoms with van der Waals surface area (Å²) in [5.74, 6) is 1.04. The molecule has 2 atom stereocenters. The highest BCUT2D eigenvalue weighted by atomic mass is 79.9. The van der Waals surface area contributed by atoms with Gasteiger partial charge in [-0.2, -0.15) is 0 Å². The molecule has 21 heavy (non-hydrogen) atoms. The van der Waals surface area contributed by atoms with Crippen molar-refractivity contribution in [3.63, 3.8) is 0 Å². The van der Waals surface area contributed by atoms with Crippen LogP contribution in [0.3, 0.4) is 0 Å². The average molecular weight is 350 g/mol. The van der Waals surface area contributed by atoms with Crippen LogP contribution in [0.4, 0.5) is 4.39 Å². The minimum Gasteiger partial charge on any atom is -0.493 e. The van der Waals surface area contributed by atoms with E-state index in [0.717, 1.165) is 22.2 Å². The third kappa shape index (κ3) is 2.97. The third-order valence-corrected chi connectivity index (χ3v) is 4.81. The number of benzene rings is 2. The molecule has 0 spiro atoms. The van der Waals surface area contributed by atoms with Crippen LogP contribution in [0.25, 0.3) is 0 Å². The summed E-state index contributed by atoms with van der Waals surface area (Å²) in [6.07, 6.45) is 0.747. The van der Waals surface area contributed by atoms with Crippen LogP contribution in [0, 0.1) is 5.82 Å². The molecule has 2 aromatic carbocycles. The summed E-state index contributed by atoms with van der Waals surface area (Å²) in [4.78, 5) is 0. The van der Waals surface area contributed by atoms with Gasteiger partial charge in [-0.3, -0.25) is 0 Å². The van der Waals surface area contributed by atoms with Gasteiger partial charge in [-0.15, -0.1) is 0 Å². The van der Waals surface area contributed by atoms with Gasteiger partial charge in [-0.1, -0.05) is 34.1 Å². The SMILES string of the molecule is CNC(Cc1cc(F)ccc1Br)C1COc2ccccc21. The van der Waals surface area contributed by atoms with Crippen molar-refractivity contribution in [2.75, 3.05) is 13.7 Å². The van der Waals surface area contributed by atoms with E-state index in [9.17, 15) is 4.39 Å². The van der Waals surface area contributed by atoms with Crippen molar-refractivity contribution < 1.29 is 9.13 Å². The van der Waals surface area contributed by atoms with Gasteiger partial charge in [0.15, 0.2) is 0 Å². The monoisotopic (exact) mass is 349 g/mol. The molecule has 0 fully saturated rings. The van der Waals surface area contributed by atoms with E-state index in [0.29, 0.717) is 6.61 Å². The van der Waals surface area contributed by atoms with Gasteiger partial charge in [-0.05, 0) is 43.3 Å². The Morgan fingerprint density at radius 3 is 2.95 bits per heavy atom. The fourth-order valence-electron chi connectivity index (χ4n) is 2.90. The lowest BCUT2D eigenvalue weighted by Gasteiger charge is -2.23. The molecule has 0 amide bonds. The van der Waals surface area contributed by atoms with Crippen molar-refractivity contribution in [3.8, 4) is 5.75 Å². The Labute approximate surface area is 132 Å². The quantitative estimate of drug-likeness (QED) is 0.903. The highest BCUT2D eigenvalue weighted by Crippen LogP contribution is 2.36. The Bertz CT molecular complexity index is 646. The smallest absolute Gasteiger partial charge is 0.123 e. The Morgan fingerprint density at radius 2 is 2.14 bits per heavy atom. The lowest BCUT2D eigenvalue weighted by atomic mass is 9.89. The molecule has 0 aromatic heterocycles. The van der Waals surface area contributed by atoms with Crippen molar-refractivity contribution in [2.24, 2.45) is 0 Å². The van der Waals surface area contributed by atoms with Crippen molar-refractivity contribution >= 4 is 15.9 Å². The van der Waals surface area contributed by atoms with Crippen molar-refractivity contribution in [1.82, 2.24) is 5.32 Å². The Hall–Kier alpha value is -1.39. The van der Waals surface area contributed by atoms with Gasteiger partial charge in [0, 0.05) is 22.0 Å². The zero-order valence-electron chi connectivity index (χ0n) is 11.8. The summed E-state index contributed by atoms with van der Waals surface area (Å²) in [5, 5.41) is 3.36. The number of rotatable bonds is 4. The average Bonchev–Trinajstić information content (AvgIpc) is 2.92. The molecule has 2 unspecified atom stereocenters. The third-order valence-electron chi connectivity index (χ3n) is 4.04. The maximum atomic E-state index is 13.5. The second-order valence-corrected chi connectivity index (χ2v) is 6.14. The summed E-state index contributed by atoms with van der Waals surface area (Å²) in [5.41, 5.74) is 2.20. The predicted molar refractivity (Wildman–Crippen MR) is 85.3 cm³/mol. The van der Waals surface area contributed by atoms with Crippen LogP contribution in [0.1, 0.15) is 17.0 Å². The highest BCUT2D eigenvalue weighted by molar-refractivity contribution is 9.10. The van der Waals surface area contributed by atoms with Crippen molar-refractivity contribution in [2.45, 2.75) is 18.4 Å². The van der Waals surface area contributed by atoms with Crippen LogP contribution in [-0.4, -0.2) is 19.7 Å². The van der Waals surface area contributed by atoms with Crippen LogP contribution in [0.2, 0.25) is 0 Å². The summed E-state index contributed by atoms with van der Waals surface area (Å²) >= 11 is 3.50. The molecule has 0 saturated carbocycles. The molecule has 1 N–H and O–H groups in total. The lowest BCUT2D eigenvalue weighted by Crippen LogP contribution is -2.35. The molecular formula is C17H17BrFNO. The maximum absolute atomic E-state index is 13.5. The van der Waals surface area contributed by atoms with Crippen LogP contribution < -0.4 is 10.1 Å². The van der Waals surface area contributed by atoms with E-state index in [2.05, 4.69) is 27.3 Å². The van der Waals surface area contributed by atoms with Gasteiger partial charge >= 0.3 is 0 Å². The molecule has 1 heterocycles. The van der Waals surface area contributed by atoms with E-state index in [4.69, 9.17) is 4.74 Å². The first-order valence-electron chi connectivity index (χ1n) is 7.02. The minimum absolute atomic E-state index is 0.201. The number of hydrogen-bond donors (Lipinski definition) is 1. The van der Waals surface area contributed by atoms with Gasteiger partial charge in [0.05, 0.1) is 6.61 Å². The van der Waals surface area contributed by atoms with Crippen LogP contribution >= 0.6 is 15.9 Å². The van der Waals surface area contributed by atoms with Gasteiger partial charge in [-0.25, -0.2) is 4.39 Å². The number of ether oxygens (including phenoxy) is 1. The number of hydrogen-bond acceptors (Lipinski definition) is 2. The molecule has 2 aromatic rings. The molecule has 110 valence electrons. The van der Waals surface area contributed by atoms with Crippen LogP contribution in [0.5, 0.6) is 5.75 Å². The minimum atomic E-state index is -0.203. The molecule has 1 aliphatic rings. The summed E-state index contributed by atoms with van der Waals surface area (Å²) in [6.45, 7) is 0.664. The van der Waals surface area contributed by atoms with Crippen LogP contribution in [-0.2, 0) is 6.42 Å². The summed E-state index contributed by atoms with van der Waals surface area (Å²) in [6, 6.07) is 13.1. The lowest BCUT2D eigenvalue weighted by molar-refractivity contribution is 0.301. The van der Waals surface area contributed by atoms with E-state index >= 15 is 0 Å². The molecule has 1 aliphatic heterocycles. The Morgan fingerprint density at radius 1 is 1.33 bits per heavy atom. The first kappa shape index (κ1) is 14.5. The van der Waals surface area contributed by atoms with E-state index in [-0.39, 0.29) is 17.8 Å². The van der Waals surface area contributed by atoms with Crippen molar-refractivity contribution in [1.29, 1.82) is 0 Å². The van der Waals surface area contributed by atoms with Gasteiger partial charge < -0.3 is 10.1 Å². The van der Waals surface area contributed by atoms with Gasteiger partial charge in [0.25, 0.3) is 0 Å². The van der Waals surface area contributed by atoms with E-state index in [1.54, 1.807) is 12.1 Å². The number of nitrogens with one attached hydrogen (secondary N) is 1. The molecule has 4 heteroatoms. The Balaban J connectivity index is 1.85. The first-order valence-corrected chi connectivity index (χ1v) is 7.81. The molecule has 3 rings (SSSR count). The second-order valence-electron chi connectivity index (χ2n) is 5.29. The standard InChI is InChI=1S/C17H17BrFNO/c1-20-16(9-11-8-12(19)6-7-15(11)18)14-10-21-17-5-3-2-4-13(14)17/h2-8,14,16,20H,9-10H2,1H3. The van der Waals surface area contributed by atoms with E-state index in [1.165, 1.54) is 11.6 Å². The Kier molecular flexibility index (Phi) is 4.27. The molecule has 2 nitrogen and oxygen atoms in total. The number of halogens is 2. The number of fused-ring (bicyclic) bond motifs is 1. The van der Waals surface area contributed by atoms with Crippen LogP contribution in [0.15, 0.2) is 46.9 Å². The first-order chi connectivity index (χ1) is 10.2. The number of likely N-dealkylation sites (N-methyl/N-ethyl adjacent to an activating group) is 1. The molecule has 0 aliphatic carbocycles. The molecular weight excluding hydrogens is 333 g/mol. The van der Waals surface area contributed by atoms with E-state index in [1.807, 2.05) is 25.2 Å². The zero-order valence-corrected chi connectivity index (χ0v) is 13.4. The second kappa shape index (κ2) is 6.16. The predicted octanol–water partition coefficient (Wildman–Crippen LogP) is 3.89. The maximum Gasteiger partial charge on any atom is 0.123 e. The zero-order chi connectivity index (χ0) is 14.8. The summed E-state index contributed by atoms with van der Waals surface area (Å²) in [7, 11) is 1.94. The van der Waals surface area contributed by atoms with E-state index < -0.39 is 0 Å².